The van der Waals surface area contributed by atoms with Crippen LogP contribution in [0.3, 0.4) is 0 Å². The first-order chi connectivity index (χ1) is 16.5. The highest BCUT2D eigenvalue weighted by Crippen LogP contribution is 2.34. The van der Waals surface area contributed by atoms with Crippen molar-refractivity contribution in [2.45, 2.75) is 25.7 Å². The van der Waals surface area contributed by atoms with E-state index >= 15 is 0 Å². The predicted molar refractivity (Wildman–Crippen MR) is 137 cm³/mol. The van der Waals surface area contributed by atoms with Crippen LogP contribution in [0.15, 0.2) is 66.7 Å². The van der Waals surface area contributed by atoms with E-state index in [4.69, 9.17) is 11.6 Å². The molecular weight excluding hydrogens is 468 g/mol. The fourth-order valence-corrected chi connectivity index (χ4v) is 5.76. The molecule has 5 nitrogen and oxygen atoms in total. The van der Waals surface area contributed by atoms with Gasteiger partial charge in [-0.25, -0.2) is 4.98 Å². The van der Waals surface area contributed by atoms with Crippen molar-refractivity contribution in [3.05, 3.63) is 77.3 Å². The molecule has 0 aliphatic heterocycles. The summed E-state index contributed by atoms with van der Waals surface area (Å²) in [6, 6.07) is 21.1. The smallest absolute Gasteiger partial charge is 0.307 e. The number of nitrogens with zero attached hydrogens (tertiary/aromatic N) is 1. The van der Waals surface area contributed by atoms with Crippen LogP contribution in [0, 0.1) is 11.8 Å². The third kappa shape index (κ3) is 4.69. The Morgan fingerprint density at radius 2 is 1.56 bits per heavy atom. The number of carboxylic acid groups (broad SMARTS) is 1. The molecule has 1 aliphatic rings. The van der Waals surface area contributed by atoms with Gasteiger partial charge in [0.25, 0.3) is 0 Å². The first-order valence-corrected chi connectivity index (χ1v) is 12.5. The minimum Gasteiger partial charge on any atom is -0.481 e. The molecule has 4 aromatic rings. The first kappa shape index (κ1) is 22.6. The lowest BCUT2D eigenvalue weighted by Crippen LogP contribution is -2.32. The van der Waals surface area contributed by atoms with E-state index in [0.29, 0.717) is 23.4 Å². The monoisotopic (exact) mass is 490 g/mol. The molecular formula is C27H23ClN2O3S. The van der Waals surface area contributed by atoms with Gasteiger partial charge in [-0.2, -0.15) is 0 Å². The third-order valence-corrected chi connectivity index (χ3v) is 7.58. The summed E-state index contributed by atoms with van der Waals surface area (Å²) in [5, 5.41) is 14.3. The van der Waals surface area contributed by atoms with Crippen molar-refractivity contribution in [3.8, 4) is 11.1 Å². The first-order valence-electron chi connectivity index (χ1n) is 11.3. The summed E-state index contributed by atoms with van der Waals surface area (Å²) in [6.45, 7) is 0. The molecule has 1 heterocycles. The van der Waals surface area contributed by atoms with Crippen LogP contribution in [0.5, 0.6) is 0 Å². The van der Waals surface area contributed by atoms with Gasteiger partial charge in [0.05, 0.1) is 16.1 Å². The molecule has 0 radical (unpaired) electrons. The highest BCUT2D eigenvalue weighted by molar-refractivity contribution is 7.22. The number of fused-ring (bicyclic) bond motifs is 1. The maximum absolute atomic E-state index is 13.0. The van der Waals surface area contributed by atoms with E-state index in [0.717, 1.165) is 45.0 Å². The minimum atomic E-state index is -0.863. The van der Waals surface area contributed by atoms with Crippen molar-refractivity contribution in [3.63, 3.8) is 0 Å². The van der Waals surface area contributed by atoms with Gasteiger partial charge in [0.1, 0.15) is 0 Å². The molecule has 7 heteroatoms. The van der Waals surface area contributed by atoms with Gasteiger partial charge in [-0.1, -0.05) is 72.2 Å². The number of aromatic nitrogens is 1. The number of rotatable bonds is 6. The van der Waals surface area contributed by atoms with Crippen LogP contribution in [0.4, 0.5) is 10.8 Å². The van der Waals surface area contributed by atoms with Gasteiger partial charge in [0.15, 0.2) is 10.9 Å². The molecule has 5 rings (SSSR count). The van der Waals surface area contributed by atoms with Crippen molar-refractivity contribution in [2.24, 2.45) is 11.8 Å². The second kappa shape index (κ2) is 9.57. The van der Waals surface area contributed by atoms with Crippen molar-refractivity contribution < 1.29 is 14.7 Å². The maximum Gasteiger partial charge on any atom is 0.307 e. The minimum absolute atomic E-state index is 0.0599. The Balaban J connectivity index is 1.28. The number of aliphatic carboxylic acids is 1. The fourth-order valence-electron chi connectivity index (χ4n) is 4.60. The molecule has 2 atom stereocenters. The van der Waals surface area contributed by atoms with Crippen LogP contribution < -0.4 is 5.32 Å². The average Bonchev–Trinajstić information content (AvgIpc) is 3.25. The van der Waals surface area contributed by atoms with Gasteiger partial charge < -0.3 is 10.4 Å². The maximum atomic E-state index is 13.0. The lowest BCUT2D eigenvalue weighted by molar-refractivity contribution is -0.144. The number of anilines is 2. The van der Waals surface area contributed by atoms with Crippen molar-refractivity contribution in [1.82, 2.24) is 4.98 Å². The van der Waals surface area contributed by atoms with E-state index in [9.17, 15) is 14.7 Å². The van der Waals surface area contributed by atoms with Crippen LogP contribution >= 0.6 is 22.9 Å². The molecule has 0 saturated heterocycles. The summed E-state index contributed by atoms with van der Waals surface area (Å²) >= 11 is 7.61. The molecule has 1 saturated carbocycles. The highest BCUT2D eigenvalue weighted by atomic mass is 35.5. The van der Waals surface area contributed by atoms with E-state index in [2.05, 4.69) is 10.3 Å². The second-order valence-electron chi connectivity index (χ2n) is 8.61. The molecule has 2 N–H and O–H groups in total. The van der Waals surface area contributed by atoms with Gasteiger partial charge in [0.2, 0.25) is 0 Å². The molecule has 0 spiro atoms. The summed E-state index contributed by atoms with van der Waals surface area (Å²) in [6.07, 6.45) is 3.00. The number of halogens is 1. The molecule has 1 aliphatic carbocycles. The van der Waals surface area contributed by atoms with E-state index in [1.54, 1.807) is 11.3 Å². The topological polar surface area (TPSA) is 79.3 Å². The normalized spacial score (nSPS) is 18.0. The van der Waals surface area contributed by atoms with E-state index in [1.165, 1.54) is 0 Å². The number of thiazole rings is 1. The van der Waals surface area contributed by atoms with Gasteiger partial charge in [-0.3, -0.25) is 9.59 Å². The van der Waals surface area contributed by atoms with Crippen molar-refractivity contribution >= 4 is 55.7 Å². The number of ketones is 1. The van der Waals surface area contributed by atoms with Crippen LogP contribution in [0.1, 0.15) is 36.0 Å². The lowest BCUT2D eigenvalue weighted by Gasteiger charge is -2.27. The van der Waals surface area contributed by atoms with E-state index in [-0.39, 0.29) is 5.78 Å². The number of benzene rings is 3. The molecule has 172 valence electrons. The fraction of sp³-hybridized carbons (Fsp3) is 0.222. The van der Waals surface area contributed by atoms with Crippen molar-refractivity contribution in [2.75, 3.05) is 5.32 Å². The average molecular weight is 491 g/mol. The van der Waals surface area contributed by atoms with Crippen LogP contribution in [-0.2, 0) is 4.79 Å². The Morgan fingerprint density at radius 3 is 2.24 bits per heavy atom. The zero-order valence-electron chi connectivity index (χ0n) is 18.3. The Kier molecular flexibility index (Phi) is 6.35. The molecule has 0 unspecified atom stereocenters. The third-order valence-electron chi connectivity index (χ3n) is 6.41. The summed E-state index contributed by atoms with van der Waals surface area (Å²) in [5.41, 5.74) is 4.44. The quantitative estimate of drug-likeness (QED) is 0.274. The number of Topliss-reactive ketones (excluding diaryl/α,β-unsaturated/α-hetero) is 1. The Hall–Kier alpha value is -3.22. The van der Waals surface area contributed by atoms with Gasteiger partial charge in [-0.15, -0.1) is 0 Å². The van der Waals surface area contributed by atoms with Gasteiger partial charge in [-0.05, 0) is 54.3 Å². The number of carbonyl (C=O) groups excluding carboxylic acids is 1. The molecule has 3 aromatic carbocycles. The van der Waals surface area contributed by atoms with Crippen LogP contribution in [-0.4, -0.2) is 21.8 Å². The zero-order chi connectivity index (χ0) is 23.7. The number of carbonyl (C=O) groups is 2. The van der Waals surface area contributed by atoms with Crippen molar-refractivity contribution in [1.29, 1.82) is 0 Å². The summed E-state index contributed by atoms with van der Waals surface area (Å²) in [4.78, 5) is 29.1. The van der Waals surface area contributed by atoms with E-state index < -0.39 is 17.8 Å². The van der Waals surface area contributed by atoms with Crippen LogP contribution in [0.25, 0.3) is 21.3 Å². The number of hydrogen-bond acceptors (Lipinski definition) is 5. The number of hydrogen-bond donors (Lipinski definition) is 2. The van der Waals surface area contributed by atoms with E-state index in [1.807, 2.05) is 66.7 Å². The summed E-state index contributed by atoms with van der Waals surface area (Å²) < 4.78 is 1.03. The number of carboxylic acids is 1. The summed E-state index contributed by atoms with van der Waals surface area (Å²) in [7, 11) is 0. The Morgan fingerprint density at radius 1 is 0.912 bits per heavy atom. The highest BCUT2D eigenvalue weighted by Gasteiger charge is 2.35. The SMILES string of the molecule is O=C(O)[C@@H]1CCCC[C@H]1C(=O)c1ccc(-c2ccc(Nc3nc4ccc(Cl)cc4s3)cc2)cc1. The molecule has 34 heavy (non-hydrogen) atoms. The second-order valence-corrected chi connectivity index (χ2v) is 10.1. The van der Waals surface area contributed by atoms with Crippen LogP contribution in [0.2, 0.25) is 5.02 Å². The number of nitrogens with one attached hydrogen (secondary N) is 1. The Labute approximate surface area is 206 Å². The molecule has 0 amide bonds. The summed E-state index contributed by atoms with van der Waals surface area (Å²) in [5.74, 6) is -1.93. The molecule has 1 fully saturated rings. The lowest BCUT2D eigenvalue weighted by atomic mass is 9.75. The Bertz CT molecular complexity index is 1350. The zero-order valence-corrected chi connectivity index (χ0v) is 19.9. The van der Waals surface area contributed by atoms with Gasteiger partial charge in [0, 0.05) is 22.2 Å². The molecule has 0 bridgehead atoms. The van der Waals surface area contributed by atoms with Gasteiger partial charge >= 0.3 is 5.97 Å². The molecule has 1 aromatic heterocycles. The standard InChI is InChI=1S/C27H23ClN2O3S/c28-19-11-14-23-24(15-19)34-27(30-23)29-20-12-9-17(10-13-20)16-5-7-18(8-6-16)25(31)21-3-1-2-4-22(21)26(32)33/h5-15,21-22H,1-4H2,(H,29,30)(H,32,33)/t21-,22-/m1/s1. The predicted octanol–water partition coefficient (Wildman–Crippen LogP) is 7.43. The largest absolute Gasteiger partial charge is 0.481 e.